The van der Waals surface area contributed by atoms with Crippen molar-refractivity contribution in [2.45, 2.75) is 32.9 Å². The molecule has 2 heterocycles. The van der Waals surface area contributed by atoms with Gasteiger partial charge in [-0.05, 0) is 37.5 Å². The Bertz CT molecular complexity index is 777. The third-order valence-corrected chi connectivity index (χ3v) is 4.74. The van der Waals surface area contributed by atoms with Gasteiger partial charge in [0.25, 0.3) is 0 Å². The van der Waals surface area contributed by atoms with Crippen LogP contribution in [0.3, 0.4) is 0 Å². The van der Waals surface area contributed by atoms with Crippen LogP contribution in [-0.4, -0.2) is 48.0 Å². The van der Waals surface area contributed by atoms with Crippen LogP contribution in [0.5, 0.6) is 0 Å². The first kappa shape index (κ1) is 20.1. The van der Waals surface area contributed by atoms with Gasteiger partial charge in [-0.3, -0.25) is 9.67 Å². The number of benzene rings is 1. The molecule has 0 aliphatic carbocycles. The van der Waals surface area contributed by atoms with E-state index in [1.807, 2.05) is 28.8 Å². The molecule has 0 amide bonds. The first-order valence-corrected chi connectivity index (χ1v) is 9.77. The molecule has 1 aromatic heterocycles. The molecule has 3 rings (SSSR count). The molecule has 1 fully saturated rings. The fraction of sp³-hybridized carbons (Fsp3) is 0.500. The van der Waals surface area contributed by atoms with E-state index in [9.17, 15) is 8.78 Å². The van der Waals surface area contributed by atoms with Crippen LogP contribution in [0.15, 0.2) is 41.7 Å². The molecule has 0 saturated carbocycles. The van der Waals surface area contributed by atoms with Gasteiger partial charge in [0.15, 0.2) is 5.96 Å². The number of rotatable bonds is 7. The van der Waals surface area contributed by atoms with Crippen LogP contribution in [0.2, 0.25) is 0 Å². The van der Waals surface area contributed by atoms with Crippen molar-refractivity contribution in [3.05, 3.63) is 48.3 Å². The van der Waals surface area contributed by atoms with Gasteiger partial charge >= 0.3 is 0 Å². The Morgan fingerprint density at radius 1 is 1.39 bits per heavy atom. The normalized spacial score (nSPS) is 18.4. The van der Waals surface area contributed by atoms with E-state index in [4.69, 9.17) is 4.99 Å². The lowest BCUT2D eigenvalue weighted by atomic mass is 10.2. The first-order valence-electron chi connectivity index (χ1n) is 9.77. The van der Waals surface area contributed by atoms with E-state index in [2.05, 4.69) is 22.7 Å². The molecule has 6 nitrogen and oxygen atoms in total. The summed E-state index contributed by atoms with van der Waals surface area (Å²) in [5.41, 5.74) is 0.445. The number of nitrogens with one attached hydrogen (secondary N) is 2. The fourth-order valence-electron chi connectivity index (χ4n) is 3.38. The molecule has 2 unspecified atom stereocenters. The van der Waals surface area contributed by atoms with E-state index in [0.717, 1.165) is 38.1 Å². The highest BCUT2D eigenvalue weighted by Crippen LogP contribution is 2.24. The summed E-state index contributed by atoms with van der Waals surface area (Å²) in [6.45, 7) is 7.80. The molecule has 0 bridgehead atoms. The van der Waals surface area contributed by atoms with Gasteiger partial charge in [0.05, 0.1) is 5.69 Å². The van der Waals surface area contributed by atoms with Crippen LogP contribution in [0.4, 0.5) is 14.5 Å². The van der Waals surface area contributed by atoms with Gasteiger partial charge < -0.3 is 15.5 Å². The molecular formula is C20H28F2N6. The van der Waals surface area contributed by atoms with Crippen LogP contribution in [0, 0.1) is 17.6 Å². The summed E-state index contributed by atoms with van der Waals surface area (Å²) in [6, 6.07) is 5.80. The zero-order valence-corrected chi connectivity index (χ0v) is 16.4. The Kier molecular flexibility index (Phi) is 6.84. The van der Waals surface area contributed by atoms with Crippen LogP contribution >= 0.6 is 0 Å². The molecule has 28 heavy (non-hydrogen) atoms. The van der Waals surface area contributed by atoms with E-state index in [1.165, 1.54) is 12.1 Å². The molecule has 152 valence electrons. The molecule has 2 N–H and O–H groups in total. The maximum atomic E-state index is 14.0. The van der Waals surface area contributed by atoms with Crippen LogP contribution < -0.4 is 15.5 Å². The monoisotopic (exact) mass is 390 g/mol. The standard InChI is InChI=1S/C20H28F2N6/c1-3-23-20(24-12-15(2)13-28-9-4-8-25-28)26-17-7-10-27(14-17)19-6-5-16(21)11-18(19)22/h4-6,8-9,11,15,17H,3,7,10,12-14H2,1-2H3,(H2,23,24,26). The van der Waals surface area contributed by atoms with E-state index < -0.39 is 11.6 Å². The van der Waals surface area contributed by atoms with Crippen molar-refractivity contribution < 1.29 is 8.78 Å². The Hall–Kier alpha value is -2.64. The highest BCUT2D eigenvalue weighted by molar-refractivity contribution is 5.80. The van der Waals surface area contributed by atoms with Crippen LogP contribution in [0.25, 0.3) is 0 Å². The van der Waals surface area contributed by atoms with Gasteiger partial charge in [0.1, 0.15) is 11.6 Å². The smallest absolute Gasteiger partial charge is 0.191 e. The maximum Gasteiger partial charge on any atom is 0.191 e. The van der Waals surface area contributed by atoms with Gasteiger partial charge in [-0.2, -0.15) is 5.10 Å². The summed E-state index contributed by atoms with van der Waals surface area (Å²) in [7, 11) is 0. The zero-order chi connectivity index (χ0) is 19.9. The molecule has 2 aromatic rings. The van der Waals surface area contributed by atoms with Gasteiger partial charge in [-0.1, -0.05) is 6.92 Å². The van der Waals surface area contributed by atoms with Crippen molar-refractivity contribution in [1.29, 1.82) is 0 Å². The predicted octanol–water partition coefficient (Wildman–Crippen LogP) is 2.63. The Balaban J connectivity index is 1.55. The second kappa shape index (κ2) is 9.52. The third-order valence-electron chi connectivity index (χ3n) is 4.74. The lowest BCUT2D eigenvalue weighted by Crippen LogP contribution is -2.45. The summed E-state index contributed by atoms with van der Waals surface area (Å²) < 4.78 is 29.1. The van der Waals surface area contributed by atoms with Gasteiger partial charge in [0, 0.05) is 57.2 Å². The summed E-state index contributed by atoms with van der Waals surface area (Å²) >= 11 is 0. The maximum absolute atomic E-state index is 14.0. The predicted molar refractivity (Wildman–Crippen MR) is 107 cm³/mol. The Morgan fingerprint density at radius 2 is 2.25 bits per heavy atom. The lowest BCUT2D eigenvalue weighted by molar-refractivity contribution is 0.457. The number of hydrogen-bond acceptors (Lipinski definition) is 3. The highest BCUT2D eigenvalue weighted by atomic mass is 19.1. The average molecular weight is 390 g/mol. The number of hydrogen-bond donors (Lipinski definition) is 2. The van der Waals surface area contributed by atoms with Gasteiger partial charge in [-0.15, -0.1) is 0 Å². The molecule has 1 aromatic carbocycles. The number of nitrogens with zero attached hydrogens (tertiary/aromatic N) is 4. The molecule has 8 heteroatoms. The zero-order valence-electron chi connectivity index (χ0n) is 16.4. The quantitative estimate of drug-likeness (QED) is 0.564. The van der Waals surface area contributed by atoms with Gasteiger partial charge in [-0.25, -0.2) is 8.78 Å². The largest absolute Gasteiger partial charge is 0.367 e. The minimum atomic E-state index is -0.555. The number of aliphatic imine (C=N–C) groups is 1. The SMILES string of the molecule is CCNC(=NCC(C)Cn1cccn1)NC1CCN(c2ccc(F)cc2F)C1. The molecule has 0 radical (unpaired) electrons. The summed E-state index contributed by atoms with van der Waals surface area (Å²) in [5, 5.41) is 10.9. The summed E-state index contributed by atoms with van der Waals surface area (Å²) in [5.74, 6) is 0.0413. The second-order valence-electron chi connectivity index (χ2n) is 7.22. The minimum Gasteiger partial charge on any atom is -0.367 e. The molecule has 1 saturated heterocycles. The van der Waals surface area contributed by atoms with E-state index in [0.29, 0.717) is 24.7 Å². The number of aromatic nitrogens is 2. The number of halogens is 2. The molecule has 0 spiro atoms. The summed E-state index contributed by atoms with van der Waals surface area (Å²) in [4.78, 5) is 6.64. The van der Waals surface area contributed by atoms with Crippen molar-refractivity contribution in [3.63, 3.8) is 0 Å². The molecular weight excluding hydrogens is 362 g/mol. The number of anilines is 1. The minimum absolute atomic E-state index is 0.156. The highest BCUT2D eigenvalue weighted by Gasteiger charge is 2.25. The fourth-order valence-corrected chi connectivity index (χ4v) is 3.38. The Morgan fingerprint density at radius 3 is 2.96 bits per heavy atom. The summed E-state index contributed by atoms with van der Waals surface area (Å²) in [6.07, 6.45) is 4.59. The first-order chi connectivity index (χ1) is 13.5. The van der Waals surface area contributed by atoms with Crippen molar-refractivity contribution >= 4 is 11.6 Å². The molecule has 2 atom stereocenters. The topological polar surface area (TPSA) is 57.5 Å². The van der Waals surface area contributed by atoms with Crippen LogP contribution in [-0.2, 0) is 6.54 Å². The van der Waals surface area contributed by atoms with Crippen LogP contribution in [0.1, 0.15) is 20.3 Å². The average Bonchev–Trinajstić information content (AvgIpc) is 3.32. The second-order valence-corrected chi connectivity index (χ2v) is 7.22. The number of guanidine groups is 1. The van der Waals surface area contributed by atoms with Crippen molar-refractivity contribution in [1.82, 2.24) is 20.4 Å². The lowest BCUT2D eigenvalue weighted by Gasteiger charge is -2.21. The third kappa shape index (κ3) is 5.43. The van der Waals surface area contributed by atoms with Crippen molar-refractivity contribution in [2.75, 3.05) is 31.1 Å². The van der Waals surface area contributed by atoms with Gasteiger partial charge in [0.2, 0.25) is 0 Å². The molecule has 1 aliphatic rings. The van der Waals surface area contributed by atoms with E-state index >= 15 is 0 Å². The van der Waals surface area contributed by atoms with Crippen molar-refractivity contribution in [3.8, 4) is 0 Å². The van der Waals surface area contributed by atoms with Crippen molar-refractivity contribution in [2.24, 2.45) is 10.9 Å². The van der Waals surface area contributed by atoms with E-state index in [-0.39, 0.29) is 6.04 Å². The van der Waals surface area contributed by atoms with E-state index in [1.54, 1.807) is 6.20 Å². The molecule has 1 aliphatic heterocycles. The Labute approximate surface area is 164 Å².